The van der Waals surface area contributed by atoms with Gasteiger partial charge in [-0.25, -0.2) is 14.4 Å². The third-order valence-corrected chi connectivity index (χ3v) is 5.84. The lowest BCUT2D eigenvalue weighted by molar-refractivity contribution is 0.0765. The van der Waals surface area contributed by atoms with Gasteiger partial charge < -0.3 is 9.47 Å². The summed E-state index contributed by atoms with van der Waals surface area (Å²) >= 11 is 0. The minimum absolute atomic E-state index is 0.239. The van der Waals surface area contributed by atoms with Crippen molar-refractivity contribution in [3.63, 3.8) is 0 Å². The van der Waals surface area contributed by atoms with Crippen LogP contribution in [0.2, 0.25) is 0 Å². The molecule has 0 aliphatic carbocycles. The lowest BCUT2D eigenvalue weighted by atomic mass is 10.0. The molecule has 0 bridgehead atoms. The summed E-state index contributed by atoms with van der Waals surface area (Å²) in [5.74, 6) is 0.768. The molecule has 1 heterocycles. The zero-order valence-corrected chi connectivity index (χ0v) is 20.7. The van der Waals surface area contributed by atoms with Gasteiger partial charge in [-0.2, -0.15) is 0 Å². The molecule has 33 heavy (non-hydrogen) atoms. The second-order valence-corrected chi connectivity index (χ2v) is 8.78. The van der Waals surface area contributed by atoms with Gasteiger partial charge in [0, 0.05) is 31.2 Å². The predicted octanol–water partition coefficient (Wildman–Crippen LogP) is 7.15. The molecular weight excluding hydrogens is 415 g/mol. The Hall–Kier alpha value is -1.85. The number of hydrogen-bond acceptors (Lipinski definition) is 4. The third-order valence-electron chi connectivity index (χ3n) is 5.84. The van der Waals surface area contributed by atoms with Crippen LogP contribution in [0.5, 0.6) is 0 Å². The smallest absolute Gasteiger partial charge is 0.159 e. The van der Waals surface area contributed by atoms with Crippen molar-refractivity contribution >= 4 is 0 Å². The number of hydrogen-bond donors (Lipinski definition) is 0. The molecule has 0 aliphatic heterocycles. The Bertz CT molecular complexity index is 722. The summed E-state index contributed by atoms with van der Waals surface area (Å²) in [6.07, 6.45) is 14.9. The highest BCUT2D eigenvalue weighted by molar-refractivity contribution is 5.55. The first kappa shape index (κ1) is 27.4. The predicted molar refractivity (Wildman–Crippen MR) is 134 cm³/mol. The van der Waals surface area contributed by atoms with E-state index in [0.717, 1.165) is 68.7 Å². The largest absolute Gasteiger partial charge is 0.381 e. The normalized spacial score (nSPS) is 12.2. The zero-order chi connectivity index (χ0) is 23.6. The fraction of sp³-hybridized carbons (Fsp3) is 0.643. The van der Waals surface area contributed by atoms with Crippen LogP contribution in [0.25, 0.3) is 11.4 Å². The Balaban J connectivity index is 1.60. The standard InChI is InChI=1S/C28H43FN2O2/c1-3-5-6-10-18-32-20-17-25-21-30-28(31-22-25)26-15-13-24(14-16-26)12-9-7-8-11-19-33-23-27(29)4-2/h13-16,21-22,27H,3-12,17-20,23H2,1-2H3. The highest BCUT2D eigenvalue weighted by atomic mass is 19.1. The van der Waals surface area contributed by atoms with Gasteiger partial charge in [-0.3, -0.25) is 0 Å². The summed E-state index contributed by atoms with van der Waals surface area (Å²) in [5.41, 5.74) is 3.50. The van der Waals surface area contributed by atoms with E-state index in [1.165, 1.54) is 31.2 Å². The molecule has 0 amide bonds. The second-order valence-electron chi connectivity index (χ2n) is 8.78. The van der Waals surface area contributed by atoms with Gasteiger partial charge in [0.15, 0.2) is 5.82 Å². The number of aromatic nitrogens is 2. The van der Waals surface area contributed by atoms with Crippen LogP contribution in [-0.4, -0.2) is 42.6 Å². The van der Waals surface area contributed by atoms with E-state index in [0.29, 0.717) is 13.0 Å². The molecular formula is C28H43FN2O2. The van der Waals surface area contributed by atoms with E-state index in [-0.39, 0.29) is 6.61 Å². The SMILES string of the molecule is CCCCCCOCCc1cnc(-c2ccc(CCCCCCOCC(F)CC)cc2)nc1. The van der Waals surface area contributed by atoms with Crippen LogP contribution < -0.4 is 0 Å². The fourth-order valence-corrected chi connectivity index (χ4v) is 3.59. The number of ether oxygens (including phenoxy) is 2. The van der Waals surface area contributed by atoms with Gasteiger partial charge in [-0.1, -0.05) is 70.2 Å². The average Bonchev–Trinajstić information content (AvgIpc) is 2.85. The number of alkyl halides is 1. The number of benzene rings is 1. The summed E-state index contributed by atoms with van der Waals surface area (Å²) in [6.45, 7) is 6.55. The van der Waals surface area contributed by atoms with Crippen LogP contribution >= 0.6 is 0 Å². The molecule has 0 saturated carbocycles. The van der Waals surface area contributed by atoms with Crippen molar-refractivity contribution in [2.45, 2.75) is 90.6 Å². The molecule has 184 valence electrons. The maximum atomic E-state index is 13.1. The molecule has 2 aromatic rings. The topological polar surface area (TPSA) is 44.2 Å². The molecule has 0 N–H and O–H groups in total. The van der Waals surface area contributed by atoms with Gasteiger partial charge in [0.25, 0.3) is 0 Å². The summed E-state index contributed by atoms with van der Waals surface area (Å²) in [7, 11) is 0. The lowest BCUT2D eigenvalue weighted by Gasteiger charge is -2.07. The highest BCUT2D eigenvalue weighted by Gasteiger charge is 2.04. The van der Waals surface area contributed by atoms with Crippen molar-refractivity contribution in [1.82, 2.24) is 9.97 Å². The van der Waals surface area contributed by atoms with Crippen LogP contribution in [0.15, 0.2) is 36.7 Å². The van der Waals surface area contributed by atoms with E-state index >= 15 is 0 Å². The summed E-state index contributed by atoms with van der Waals surface area (Å²) in [5, 5.41) is 0. The Morgan fingerprint density at radius 2 is 1.39 bits per heavy atom. The first-order valence-corrected chi connectivity index (χ1v) is 12.9. The number of halogens is 1. The molecule has 1 aromatic carbocycles. The molecule has 1 atom stereocenters. The van der Waals surface area contributed by atoms with Crippen molar-refractivity contribution in [2.24, 2.45) is 0 Å². The van der Waals surface area contributed by atoms with Crippen molar-refractivity contribution < 1.29 is 13.9 Å². The number of unbranched alkanes of at least 4 members (excludes halogenated alkanes) is 6. The molecule has 1 unspecified atom stereocenters. The molecule has 0 saturated heterocycles. The molecule has 0 aliphatic rings. The molecule has 0 fully saturated rings. The molecule has 0 spiro atoms. The Labute approximate surface area is 200 Å². The zero-order valence-electron chi connectivity index (χ0n) is 20.7. The van der Waals surface area contributed by atoms with Gasteiger partial charge in [0.05, 0.1) is 13.2 Å². The van der Waals surface area contributed by atoms with E-state index in [1.54, 1.807) is 0 Å². The van der Waals surface area contributed by atoms with Crippen LogP contribution in [0.4, 0.5) is 4.39 Å². The quantitative estimate of drug-likeness (QED) is 0.210. The summed E-state index contributed by atoms with van der Waals surface area (Å²) in [6, 6.07) is 8.57. The number of rotatable bonds is 19. The van der Waals surface area contributed by atoms with Crippen molar-refractivity contribution in [3.8, 4) is 11.4 Å². The van der Waals surface area contributed by atoms with E-state index in [4.69, 9.17) is 9.47 Å². The highest BCUT2D eigenvalue weighted by Crippen LogP contribution is 2.17. The second kappa shape index (κ2) is 17.6. The first-order valence-electron chi connectivity index (χ1n) is 12.9. The van der Waals surface area contributed by atoms with E-state index in [2.05, 4.69) is 41.2 Å². The van der Waals surface area contributed by atoms with Crippen LogP contribution in [0.1, 0.15) is 82.8 Å². The summed E-state index contributed by atoms with van der Waals surface area (Å²) in [4.78, 5) is 9.09. The lowest BCUT2D eigenvalue weighted by Crippen LogP contribution is -2.09. The van der Waals surface area contributed by atoms with Gasteiger partial charge in [0.2, 0.25) is 0 Å². The van der Waals surface area contributed by atoms with Crippen molar-refractivity contribution in [2.75, 3.05) is 26.4 Å². The first-order chi connectivity index (χ1) is 16.2. The molecule has 0 radical (unpaired) electrons. The monoisotopic (exact) mass is 458 g/mol. The Kier molecular flexibility index (Phi) is 14.6. The maximum absolute atomic E-state index is 13.1. The van der Waals surface area contributed by atoms with Gasteiger partial charge in [0.1, 0.15) is 6.17 Å². The van der Waals surface area contributed by atoms with E-state index in [1.807, 2.05) is 19.3 Å². The van der Waals surface area contributed by atoms with Crippen molar-refractivity contribution in [3.05, 3.63) is 47.8 Å². The molecule has 1 aromatic heterocycles. The van der Waals surface area contributed by atoms with Crippen LogP contribution in [0.3, 0.4) is 0 Å². The number of nitrogens with zero attached hydrogens (tertiary/aromatic N) is 2. The Morgan fingerprint density at radius 3 is 2.09 bits per heavy atom. The van der Waals surface area contributed by atoms with Gasteiger partial charge in [-0.15, -0.1) is 0 Å². The summed E-state index contributed by atoms with van der Waals surface area (Å²) < 4.78 is 24.1. The van der Waals surface area contributed by atoms with Crippen LogP contribution in [-0.2, 0) is 22.3 Å². The Morgan fingerprint density at radius 1 is 0.727 bits per heavy atom. The maximum Gasteiger partial charge on any atom is 0.159 e. The molecule has 5 heteroatoms. The molecule has 4 nitrogen and oxygen atoms in total. The van der Waals surface area contributed by atoms with Crippen molar-refractivity contribution in [1.29, 1.82) is 0 Å². The third kappa shape index (κ3) is 12.3. The fourth-order valence-electron chi connectivity index (χ4n) is 3.59. The average molecular weight is 459 g/mol. The number of aryl methyl sites for hydroxylation is 1. The minimum Gasteiger partial charge on any atom is -0.381 e. The van der Waals surface area contributed by atoms with E-state index in [9.17, 15) is 4.39 Å². The molecule has 2 rings (SSSR count). The van der Waals surface area contributed by atoms with Crippen LogP contribution in [0, 0.1) is 0 Å². The van der Waals surface area contributed by atoms with E-state index < -0.39 is 6.17 Å². The van der Waals surface area contributed by atoms with Gasteiger partial charge >= 0.3 is 0 Å². The van der Waals surface area contributed by atoms with Gasteiger partial charge in [-0.05, 0) is 49.7 Å². The minimum atomic E-state index is -0.819.